The molecule has 1 saturated heterocycles. The maximum atomic E-state index is 12.6. The quantitative estimate of drug-likeness (QED) is 0.702. The fraction of sp³-hybridized carbons (Fsp3) is 0.474. The number of aromatic carboxylic acids is 1. The van der Waals surface area contributed by atoms with Crippen LogP contribution in [0.25, 0.3) is 0 Å². The molecule has 2 N–H and O–H groups in total. The van der Waals surface area contributed by atoms with E-state index in [0.717, 1.165) is 12.0 Å². The van der Waals surface area contributed by atoms with Crippen LogP contribution in [0.2, 0.25) is 0 Å². The lowest BCUT2D eigenvalue weighted by molar-refractivity contribution is -0.116. The molecule has 0 saturated carbocycles. The number of hydrogen-bond donors (Lipinski definition) is 2. The third-order valence-electron chi connectivity index (χ3n) is 5.09. The Labute approximate surface area is 168 Å². The number of methoxy groups -OCH3 is 1. The van der Waals surface area contributed by atoms with E-state index in [4.69, 9.17) is 21.4 Å². The average molecular weight is 407 g/mol. The van der Waals surface area contributed by atoms with Crippen molar-refractivity contribution in [1.29, 1.82) is 0 Å². The van der Waals surface area contributed by atoms with Crippen molar-refractivity contribution in [3.05, 3.63) is 34.6 Å². The van der Waals surface area contributed by atoms with E-state index in [1.807, 2.05) is 11.8 Å². The molecule has 2 atom stereocenters. The lowest BCUT2D eigenvalue weighted by atomic mass is 10.0. The van der Waals surface area contributed by atoms with Gasteiger partial charge in [0.05, 0.1) is 17.7 Å². The van der Waals surface area contributed by atoms with Gasteiger partial charge in [0.2, 0.25) is 0 Å². The van der Waals surface area contributed by atoms with Crippen LogP contribution in [-0.2, 0) is 9.53 Å². The number of carbonyl (C=O) groups excluding carboxylic acids is 1. The zero-order chi connectivity index (χ0) is 20.3. The van der Waals surface area contributed by atoms with E-state index < -0.39 is 5.97 Å². The number of aliphatic imine (C=N–C) groups is 1. The largest absolute Gasteiger partial charge is 0.478 e. The van der Waals surface area contributed by atoms with Crippen LogP contribution >= 0.6 is 11.6 Å². The number of carbonyl (C=O) groups is 2. The number of aromatic nitrogens is 1. The molecule has 0 spiro atoms. The minimum atomic E-state index is -0.995. The molecule has 1 aromatic heterocycles. The number of ether oxygens (including phenoxy) is 1. The van der Waals surface area contributed by atoms with E-state index in [0.29, 0.717) is 42.6 Å². The van der Waals surface area contributed by atoms with Gasteiger partial charge >= 0.3 is 5.97 Å². The lowest BCUT2D eigenvalue weighted by Crippen LogP contribution is -2.56. The summed E-state index contributed by atoms with van der Waals surface area (Å²) in [6, 6.07) is 2.82. The Balaban J connectivity index is 1.64. The summed E-state index contributed by atoms with van der Waals surface area (Å²) in [6.07, 6.45) is 3.10. The van der Waals surface area contributed by atoms with Crippen molar-refractivity contribution in [2.45, 2.75) is 38.3 Å². The molecule has 1 amide bonds. The highest BCUT2D eigenvalue weighted by molar-refractivity contribution is 6.43. The SMILES string of the molecule is CCC1=C(Cl)N=C(C(=O)N[C@@H]2CCN(c3cc(C(=O)O)ccn3)C[C@@H]2OC)C1. The molecule has 0 aliphatic carbocycles. The van der Waals surface area contributed by atoms with Crippen LogP contribution in [0.15, 0.2) is 34.1 Å². The van der Waals surface area contributed by atoms with E-state index >= 15 is 0 Å². The fourth-order valence-electron chi connectivity index (χ4n) is 3.42. The summed E-state index contributed by atoms with van der Waals surface area (Å²) < 4.78 is 5.58. The van der Waals surface area contributed by atoms with Crippen molar-refractivity contribution in [3.8, 4) is 0 Å². The van der Waals surface area contributed by atoms with Crippen molar-refractivity contribution in [2.75, 3.05) is 25.1 Å². The number of piperidine rings is 1. The molecule has 0 radical (unpaired) electrons. The van der Waals surface area contributed by atoms with Crippen LogP contribution < -0.4 is 10.2 Å². The molecule has 28 heavy (non-hydrogen) atoms. The van der Waals surface area contributed by atoms with Gasteiger partial charge in [-0.05, 0) is 30.5 Å². The summed E-state index contributed by atoms with van der Waals surface area (Å²) in [4.78, 5) is 34.2. The van der Waals surface area contributed by atoms with E-state index in [2.05, 4.69) is 15.3 Å². The molecule has 0 bridgehead atoms. The number of nitrogens with one attached hydrogen (secondary N) is 1. The second-order valence-electron chi connectivity index (χ2n) is 6.78. The monoisotopic (exact) mass is 406 g/mol. The van der Waals surface area contributed by atoms with Crippen molar-refractivity contribution in [2.24, 2.45) is 4.99 Å². The van der Waals surface area contributed by atoms with Crippen molar-refractivity contribution in [1.82, 2.24) is 10.3 Å². The van der Waals surface area contributed by atoms with Gasteiger partial charge in [-0.15, -0.1) is 0 Å². The maximum absolute atomic E-state index is 12.6. The smallest absolute Gasteiger partial charge is 0.335 e. The van der Waals surface area contributed by atoms with Gasteiger partial charge in [0.25, 0.3) is 5.91 Å². The van der Waals surface area contributed by atoms with Gasteiger partial charge in [-0.2, -0.15) is 0 Å². The van der Waals surface area contributed by atoms with E-state index in [9.17, 15) is 9.59 Å². The first-order valence-corrected chi connectivity index (χ1v) is 9.53. The van der Waals surface area contributed by atoms with Crippen molar-refractivity contribution >= 4 is 35.0 Å². The molecule has 2 aliphatic heterocycles. The number of allylic oxidation sites excluding steroid dienone is 1. The van der Waals surface area contributed by atoms with Crippen LogP contribution in [0.5, 0.6) is 0 Å². The first kappa shape index (κ1) is 20.3. The standard InChI is InChI=1S/C19H23ClN4O4/c1-3-11-8-14(22-17(11)20)18(25)23-13-5-7-24(10-15(13)28-2)16-9-12(19(26)27)4-6-21-16/h4,6,9,13,15H,3,5,7-8,10H2,1-2H3,(H,23,25)(H,26,27)/t13-,15+/m1/s1. The van der Waals surface area contributed by atoms with Crippen LogP contribution in [0.3, 0.4) is 0 Å². The van der Waals surface area contributed by atoms with Gasteiger partial charge in [-0.3, -0.25) is 4.79 Å². The Hall–Kier alpha value is -2.45. The molecule has 3 rings (SSSR count). The summed E-state index contributed by atoms with van der Waals surface area (Å²) in [5.74, 6) is -0.645. The summed E-state index contributed by atoms with van der Waals surface area (Å²) in [5.41, 5.74) is 1.58. The highest BCUT2D eigenvalue weighted by atomic mass is 35.5. The minimum absolute atomic E-state index is 0.177. The highest BCUT2D eigenvalue weighted by Gasteiger charge is 2.33. The number of rotatable bonds is 6. The number of halogens is 1. The lowest BCUT2D eigenvalue weighted by Gasteiger charge is -2.38. The van der Waals surface area contributed by atoms with Crippen LogP contribution in [0.4, 0.5) is 5.82 Å². The zero-order valence-electron chi connectivity index (χ0n) is 15.8. The second-order valence-corrected chi connectivity index (χ2v) is 7.14. The molecular weight excluding hydrogens is 384 g/mol. The van der Waals surface area contributed by atoms with Gasteiger partial charge in [0.1, 0.15) is 16.7 Å². The van der Waals surface area contributed by atoms with Gasteiger partial charge in [-0.1, -0.05) is 18.5 Å². The van der Waals surface area contributed by atoms with Gasteiger partial charge < -0.3 is 20.1 Å². The maximum Gasteiger partial charge on any atom is 0.335 e. The first-order chi connectivity index (χ1) is 13.4. The molecule has 3 heterocycles. The molecule has 1 fully saturated rings. The Bertz CT molecular complexity index is 839. The molecule has 1 aromatic rings. The van der Waals surface area contributed by atoms with Crippen LogP contribution in [-0.4, -0.2) is 60.0 Å². The Morgan fingerprint density at radius 3 is 2.89 bits per heavy atom. The average Bonchev–Trinajstić information content (AvgIpc) is 3.09. The number of amides is 1. The van der Waals surface area contributed by atoms with Gasteiger partial charge in [-0.25, -0.2) is 14.8 Å². The molecule has 2 aliphatic rings. The topological polar surface area (TPSA) is 104 Å². The Kier molecular flexibility index (Phi) is 6.31. The van der Waals surface area contributed by atoms with Crippen molar-refractivity contribution in [3.63, 3.8) is 0 Å². The van der Waals surface area contributed by atoms with E-state index in [1.54, 1.807) is 13.2 Å². The number of hydrogen-bond acceptors (Lipinski definition) is 6. The van der Waals surface area contributed by atoms with Gasteiger partial charge in [0, 0.05) is 32.8 Å². The molecule has 9 heteroatoms. The van der Waals surface area contributed by atoms with E-state index in [-0.39, 0.29) is 23.6 Å². The predicted octanol–water partition coefficient (Wildman–Crippen LogP) is 2.19. The van der Waals surface area contributed by atoms with Crippen molar-refractivity contribution < 1.29 is 19.4 Å². The Morgan fingerprint density at radius 1 is 1.46 bits per heavy atom. The number of carboxylic acid groups (broad SMARTS) is 1. The summed E-state index contributed by atoms with van der Waals surface area (Å²) in [7, 11) is 1.59. The number of carboxylic acids is 1. The molecule has 8 nitrogen and oxygen atoms in total. The van der Waals surface area contributed by atoms with Gasteiger partial charge in [0.15, 0.2) is 0 Å². The van der Waals surface area contributed by atoms with E-state index in [1.165, 1.54) is 12.3 Å². The summed E-state index contributed by atoms with van der Waals surface area (Å²) >= 11 is 6.07. The molecule has 0 unspecified atom stereocenters. The summed E-state index contributed by atoms with van der Waals surface area (Å²) in [6.45, 7) is 3.09. The normalized spacial score (nSPS) is 22.2. The highest BCUT2D eigenvalue weighted by Crippen LogP contribution is 2.26. The third-order valence-corrected chi connectivity index (χ3v) is 5.44. The van der Waals surface area contributed by atoms with Crippen LogP contribution in [0.1, 0.15) is 36.5 Å². The number of nitrogens with zero attached hydrogens (tertiary/aromatic N) is 3. The molecule has 0 aromatic carbocycles. The molecule has 150 valence electrons. The first-order valence-electron chi connectivity index (χ1n) is 9.16. The molecular formula is C19H23ClN4O4. The fourth-order valence-corrected chi connectivity index (χ4v) is 3.72. The number of anilines is 1. The third kappa shape index (κ3) is 4.34. The summed E-state index contributed by atoms with van der Waals surface area (Å²) in [5, 5.41) is 12.6. The van der Waals surface area contributed by atoms with Crippen LogP contribution in [0, 0.1) is 0 Å². The predicted molar refractivity (Wildman–Crippen MR) is 106 cm³/mol. The number of pyridine rings is 1. The Morgan fingerprint density at radius 2 is 2.25 bits per heavy atom. The minimum Gasteiger partial charge on any atom is -0.478 e. The second kappa shape index (κ2) is 8.70. The zero-order valence-corrected chi connectivity index (χ0v) is 16.6.